The number of nitrogens with one attached hydrogen (secondary N) is 2. The molecule has 11 heteroatoms. The fourth-order valence-corrected chi connectivity index (χ4v) is 3.80. The van der Waals surface area contributed by atoms with Gasteiger partial charge in [0.15, 0.2) is 0 Å². The maximum absolute atomic E-state index is 13.1. The standard InChI is InChI=1S/C23H31BN4O6/c1-4-33-14-23(22(30)27-19(24(31)32)11-15(2)3)12-17(28-34-23)13-26-21(29)20-18-8-6-5-7-16(18)9-10-25-20/h5-10,15,19,31-32H,4,11-14H2,1-3H3,(H,26,29)(H,27,30)/t19-,23?/m0/s1. The van der Waals surface area contributed by atoms with Crippen LogP contribution in [0, 0.1) is 5.92 Å². The number of benzene rings is 1. The molecule has 0 radical (unpaired) electrons. The molecule has 2 aromatic rings. The summed E-state index contributed by atoms with van der Waals surface area (Å²) in [5.74, 6) is -1.66. The van der Waals surface area contributed by atoms with Gasteiger partial charge in [0.2, 0.25) is 5.60 Å². The molecule has 0 saturated carbocycles. The van der Waals surface area contributed by atoms with E-state index in [-0.39, 0.29) is 31.4 Å². The van der Waals surface area contributed by atoms with Gasteiger partial charge in [0, 0.05) is 24.6 Å². The Morgan fingerprint density at radius 2 is 2.03 bits per heavy atom. The number of pyridine rings is 1. The van der Waals surface area contributed by atoms with E-state index in [0.29, 0.717) is 24.4 Å². The van der Waals surface area contributed by atoms with Gasteiger partial charge < -0.3 is 30.3 Å². The van der Waals surface area contributed by atoms with Gasteiger partial charge in [-0.05, 0) is 30.7 Å². The van der Waals surface area contributed by atoms with Crippen molar-refractivity contribution < 1.29 is 29.2 Å². The van der Waals surface area contributed by atoms with Crippen molar-refractivity contribution in [3.63, 3.8) is 0 Å². The van der Waals surface area contributed by atoms with Crippen LogP contribution in [0.3, 0.4) is 0 Å². The number of amides is 2. The molecule has 4 N–H and O–H groups in total. The van der Waals surface area contributed by atoms with Crippen LogP contribution in [0.5, 0.6) is 0 Å². The minimum absolute atomic E-state index is 0.0585. The molecule has 2 amide bonds. The largest absolute Gasteiger partial charge is 0.475 e. The molecule has 0 aliphatic carbocycles. The SMILES string of the molecule is CCOCC1(C(=O)N[C@@H](CC(C)C)B(O)O)CC(CNC(=O)c2nccc3ccccc23)=NO1. The van der Waals surface area contributed by atoms with Crippen molar-refractivity contribution in [2.45, 2.75) is 45.2 Å². The molecule has 0 fully saturated rings. The molecule has 10 nitrogen and oxygen atoms in total. The Bertz CT molecular complexity index is 1040. The number of carbonyl (C=O) groups excluding carboxylic acids is 2. The number of carbonyl (C=O) groups is 2. The van der Waals surface area contributed by atoms with Gasteiger partial charge in [-0.25, -0.2) is 0 Å². The highest BCUT2D eigenvalue weighted by Gasteiger charge is 2.48. The van der Waals surface area contributed by atoms with Crippen LogP contribution in [0.15, 0.2) is 41.7 Å². The predicted molar refractivity (Wildman–Crippen MR) is 128 cm³/mol. The van der Waals surface area contributed by atoms with Crippen molar-refractivity contribution in [2.75, 3.05) is 19.8 Å². The smallest absolute Gasteiger partial charge is 0.426 e. The summed E-state index contributed by atoms with van der Waals surface area (Å²) in [5, 5.41) is 30.5. The minimum atomic E-state index is -1.72. The van der Waals surface area contributed by atoms with Crippen LogP contribution >= 0.6 is 0 Å². The molecule has 3 rings (SSSR count). The summed E-state index contributed by atoms with van der Waals surface area (Å²) in [6.45, 7) is 5.96. The van der Waals surface area contributed by atoms with Crippen molar-refractivity contribution >= 4 is 35.4 Å². The van der Waals surface area contributed by atoms with Gasteiger partial charge in [-0.2, -0.15) is 0 Å². The van der Waals surface area contributed by atoms with Gasteiger partial charge in [-0.1, -0.05) is 43.3 Å². The van der Waals surface area contributed by atoms with Crippen LogP contribution in [-0.2, 0) is 14.4 Å². The zero-order valence-electron chi connectivity index (χ0n) is 19.7. The molecule has 1 aliphatic heterocycles. The van der Waals surface area contributed by atoms with Gasteiger partial charge in [0.1, 0.15) is 5.69 Å². The zero-order valence-corrected chi connectivity index (χ0v) is 19.7. The molecular weight excluding hydrogens is 439 g/mol. The molecule has 1 unspecified atom stereocenters. The van der Waals surface area contributed by atoms with Gasteiger partial charge >= 0.3 is 7.12 Å². The second-order valence-electron chi connectivity index (χ2n) is 8.74. The monoisotopic (exact) mass is 470 g/mol. The maximum Gasteiger partial charge on any atom is 0.475 e. The van der Waals surface area contributed by atoms with Crippen LogP contribution in [0.1, 0.15) is 44.1 Å². The van der Waals surface area contributed by atoms with Crippen LogP contribution in [0.25, 0.3) is 10.8 Å². The van der Waals surface area contributed by atoms with Crippen LogP contribution in [-0.4, -0.2) is 71.0 Å². The fourth-order valence-electron chi connectivity index (χ4n) is 3.80. The fraction of sp³-hybridized carbons (Fsp3) is 0.478. The molecule has 1 aliphatic rings. The minimum Gasteiger partial charge on any atom is -0.426 e. The lowest BCUT2D eigenvalue weighted by Gasteiger charge is -2.28. The number of nitrogens with zero attached hydrogens (tertiary/aromatic N) is 2. The quantitative estimate of drug-likeness (QED) is 0.360. The maximum atomic E-state index is 13.1. The first-order valence-electron chi connectivity index (χ1n) is 11.4. The summed E-state index contributed by atoms with van der Waals surface area (Å²) < 4.78 is 5.48. The lowest BCUT2D eigenvalue weighted by atomic mass is 9.74. The molecule has 182 valence electrons. The van der Waals surface area contributed by atoms with Crippen molar-refractivity contribution in [1.29, 1.82) is 0 Å². The van der Waals surface area contributed by atoms with Crippen molar-refractivity contribution in [2.24, 2.45) is 11.1 Å². The van der Waals surface area contributed by atoms with E-state index in [1.54, 1.807) is 13.1 Å². The Morgan fingerprint density at radius 3 is 2.74 bits per heavy atom. The summed E-state index contributed by atoms with van der Waals surface area (Å²) >= 11 is 0. The number of rotatable bonds is 11. The normalized spacial score (nSPS) is 18.4. The van der Waals surface area contributed by atoms with Gasteiger partial charge in [-0.15, -0.1) is 0 Å². The number of oxime groups is 1. The Balaban J connectivity index is 1.67. The molecule has 2 atom stereocenters. The van der Waals surface area contributed by atoms with E-state index >= 15 is 0 Å². The first kappa shape index (κ1) is 25.6. The third-order valence-corrected chi connectivity index (χ3v) is 5.54. The van der Waals surface area contributed by atoms with E-state index in [1.165, 1.54) is 0 Å². The molecular formula is C23H31BN4O6. The Kier molecular flexibility index (Phi) is 8.59. The highest BCUT2D eigenvalue weighted by atomic mass is 16.7. The second kappa shape index (κ2) is 11.4. The topological polar surface area (TPSA) is 142 Å². The number of hydrogen-bond acceptors (Lipinski definition) is 8. The van der Waals surface area contributed by atoms with E-state index in [2.05, 4.69) is 20.8 Å². The van der Waals surface area contributed by atoms with Crippen LogP contribution < -0.4 is 10.6 Å². The molecule has 34 heavy (non-hydrogen) atoms. The summed E-state index contributed by atoms with van der Waals surface area (Å²) in [6.07, 6.45) is 2.03. The predicted octanol–water partition coefficient (Wildman–Crippen LogP) is 1.06. The molecule has 0 spiro atoms. The van der Waals surface area contributed by atoms with Gasteiger partial charge in [0.05, 0.1) is 24.8 Å². The van der Waals surface area contributed by atoms with E-state index in [4.69, 9.17) is 9.57 Å². The summed E-state index contributed by atoms with van der Waals surface area (Å²) in [5.41, 5.74) is -0.712. The molecule has 1 aromatic carbocycles. The van der Waals surface area contributed by atoms with E-state index < -0.39 is 24.6 Å². The lowest BCUT2D eigenvalue weighted by molar-refractivity contribution is -0.152. The van der Waals surface area contributed by atoms with E-state index in [0.717, 1.165) is 10.8 Å². The third kappa shape index (κ3) is 6.10. The average Bonchev–Trinajstić information content (AvgIpc) is 3.24. The summed E-state index contributed by atoms with van der Waals surface area (Å²) in [7, 11) is -1.72. The Hall–Kier alpha value is -3.02. The number of hydrogen-bond donors (Lipinski definition) is 4. The highest BCUT2D eigenvalue weighted by molar-refractivity contribution is 6.43. The zero-order chi connectivity index (χ0) is 24.7. The number of aromatic nitrogens is 1. The summed E-state index contributed by atoms with van der Waals surface area (Å²) in [4.78, 5) is 35.6. The van der Waals surface area contributed by atoms with E-state index in [9.17, 15) is 19.6 Å². The van der Waals surface area contributed by atoms with E-state index in [1.807, 2.05) is 44.2 Å². The first-order valence-corrected chi connectivity index (χ1v) is 11.4. The highest BCUT2D eigenvalue weighted by Crippen LogP contribution is 2.26. The summed E-state index contributed by atoms with van der Waals surface area (Å²) in [6, 6.07) is 9.29. The molecule has 0 bridgehead atoms. The molecule has 0 saturated heterocycles. The first-order chi connectivity index (χ1) is 16.3. The number of ether oxygens (including phenoxy) is 1. The van der Waals surface area contributed by atoms with Crippen LogP contribution in [0.4, 0.5) is 0 Å². The molecule has 1 aromatic heterocycles. The van der Waals surface area contributed by atoms with Crippen molar-refractivity contribution in [3.8, 4) is 0 Å². The third-order valence-electron chi connectivity index (χ3n) is 5.54. The van der Waals surface area contributed by atoms with Gasteiger partial charge in [-0.3, -0.25) is 14.6 Å². The second-order valence-corrected chi connectivity index (χ2v) is 8.74. The Morgan fingerprint density at radius 1 is 1.26 bits per heavy atom. The number of fused-ring (bicyclic) bond motifs is 1. The lowest BCUT2D eigenvalue weighted by Crippen LogP contribution is -2.57. The van der Waals surface area contributed by atoms with Crippen LogP contribution in [0.2, 0.25) is 0 Å². The molecule has 2 heterocycles. The van der Waals surface area contributed by atoms with Crippen molar-refractivity contribution in [1.82, 2.24) is 15.6 Å². The van der Waals surface area contributed by atoms with Crippen molar-refractivity contribution in [3.05, 3.63) is 42.2 Å². The Labute approximate surface area is 198 Å². The van der Waals surface area contributed by atoms with Gasteiger partial charge in [0.25, 0.3) is 11.8 Å². The average molecular weight is 470 g/mol.